The number of fused-ring (bicyclic) bond motifs is 1. The van der Waals surface area contributed by atoms with Crippen LogP contribution >= 0.6 is 7.60 Å². The number of nitro benzene ring substituents is 1. The zero-order valence-corrected chi connectivity index (χ0v) is 18.4. The molecule has 0 unspecified atom stereocenters. The lowest BCUT2D eigenvalue weighted by Crippen LogP contribution is -2.29. The van der Waals surface area contributed by atoms with Crippen LogP contribution in [0.1, 0.15) is 25.0 Å². The first kappa shape index (κ1) is 23.4. The third kappa shape index (κ3) is 5.50. The number of hydrogen-bond donors (Lipinski definition) is 3. The Morgan fingerprint density at radius 3 is 2.25 bits per heavy atom. The molecule has 0 amide bonds. The average Bonchev–Trinajstić information content (AvgIpc) is 2.74. The SMILES string of the molecule is CCOP(=O)(Cc1ccc(NCc2cc([N+](=O)[O-])cc3[nH]c(=O)c(=O)[nH]c23)cc1)OCC. The highest BCUT2D eigenvalue weighted by atomic mass is 31.2. The van der Waals surface area contributed by atoms with Crippen molar-refractivity contribution in [1.82, 2.24) is 9.97 Å². The maximum atomic E-state index is 12.7. The zero-order valence-electron chi connectivity index (χ0n) is 17.5. The van der Waals surface area contributed by atoms with Crippen LogP contribution in [0.4, 0.5) is 11.4 Å². The van der Waals surface area contributed by atoms with Gasteiger partial charge in [-0.25, -0.2) is 0 Å². The number of benzene rings is 2. The van der Waals surface area contributed by atoms with E-state index in [0.29, 0.717) is 16.8 Å². The molecule has 0 fully saturated rings. The second kappa shape index (κ2) is 9.90. The minimum atomic E-state index is -3.22. The molecule has 3 N–H and O–H groups in total. The normalized spacial score (nSPS) is 11.6. The molecule has 0 aliphatic rings. The van der Waals surface area contributed by atoms with Crippen LogP contribution in [-0.4, -0.2) is 28.1 Å². The summed E-state index contributed by atoms with van der Waals surface area (Å²) in [7, 11) is -3.22. The van der Waals surface area contributed by atoms with E-state index in [1.165, 1.54) is 12.1 Å². The van der Waals surface area contributed by atoms with Crippen molar-refractivity contribution < 1.29 is 18.5 Å². The Kier molecular flexibility index (Phi) is 7.24. The fraction of sp³-hybridized carbons (Fsp3) is 0.300. The van der Waals surface area contributed by atoms with Crippen LogP contribution in [0.25, 0.3) is 11.0 Å². The number of nitrogens with one attached hydrogen (secondary N) is 3. The highest BCUT2D eigenvalue weighted by Crippen LogP contribution is 2.51. The maximum Gasteiger partial charge on any atom is 0.335 e. The second-order valence-electron chi connectivity index (χ2n) is 6.85. The molecule has 12 heteroatoms. The number of hydrogen-bond acceptors (Lipinski definition) is 8. The first-order valence-electron chi connectivity index (χ1n) is 9.89. The fourth-order valence-electron chi connectivity index (χ4n) is 3.20. The van der Waals surface area contributed by atoms with Crippen molar-refractivity contribution in [2.75, 3.05) is 18.5 Å². The molecule has 0 spiro atoms. The van der Waals surface area contributed by atoms with Crippen LogP contribution in [0, 0.1) is 10.1 Å². The van der Waals surface area contributed by atoms with Crippen molar-refractivity contribution in [2.45, 2.75) is 26.6 Å². The lowest BCUT2D eigenvalue weighted by atomic mass is 10.1. The first-order valence-corrected chi connectivity index (χ1v) is 11.6. The lowest BCUT2D eigenvalue weighted by Gasteiger charge is -2.17. The van der Waals surface area contributed by atoms with E-state index in [1.54, 1.807) is 38.1 Å². The Bertz CT molecular complexity index is 1270. The molecule has 0 aliphatic carbocycles. The summed E-state index contributed by atoms with van der Waals surface area (Å²) in [4.78, 5) is 38.8. The number of nitro groups is 1. The first-order chi connectivity index (χ1) is 15.2. The molecule has 32 heavy (non-hydrogen) atoms. The van der Waals surface area contributed by atoms with E-state index in [1.807, 2.05) is 0 Å². The van der Waals surface area contributed by atoms with Crippen molar-refractivity contribution in [3.63, 3.8) is 0 Å². The van der Waals surface area contributed by atoms with E-state index in [0.717, 1.165) is 5.56 Å². The van der Waals surface area contributed by atoms with Crippen LogP contribution in [0.5, 0.6) is 0 Å². The van der Waals surface area contributed by atoms with Crippen LogP contribution < -0.4 is 16.4 Å². The van der Waals surface area contributed by atoms with Gasteiger partial charge in [0.2, 0.25) is 0 Å². The molecule has 0 bridgehead atoms. The number of non-ortho nitro benzene ring substituents is 1. The van der Waals surface area contributed by atoms with E-state index in [9.17, 15) is 24.3 Å². The van der Waals surface area contributed by atoms with Crippen molar-refractivity contribution in [1.29, 1.82) is 0 Å². The van der Waals surface area contributed by atoms with Crippen molar-refractivity contribution in [2.24, 2.45) is 0 Å². The molecule has 170 valence electrons. The minimum absolute atomic E-state index is 0.138. The monoisotopic (exact) mass is 462 g/mol. The van der Waals surface area contributed by atoms with Crippen LogP contribution in [0.15, 0.2) is 46.0 Å². The summed E-state index contributed by atoms with van der Waals surface area (Å²) in [5.74, 6) is 0. The van der Waals surface area contributed by atoms with Gasteiger partial charge in [0.1, 0.15) is 0 Å². The average molecular weight is 462 g/mol. The van der Waals surface area contributed by atoms with Crippen molar-refractivity contribution in [3.8, 4) is 0 Å². The van der Waals surface area contributed by atoms with Gasteiger partial charge in [-0.3, -0.25) is 24.3 Å². The molecule has 1 aromatic heterocycles. The van der Waals surface area contributed by atoms with Crippen molar-refractivity contribution in [3.05, 3.63) is 78.3 Å². The third-order valence-electron chi connectivity index (χ3n) is 4.57. The molecule has 0 radical (unpaired) electrons. The van der Waals surface area contributed by atoms with Gasteiger partial charge in [-0.15, -0.1) is 0 Å². The molecule has 3 rings (SSSR count). The summed E-state index contributed by atoms with van der Waals surface area (Å²) < 4.78 is 23.3. The molecule has 1 heterocycles. The van der Waals surface area contributed by atoms with Gasteiger partial charge in [0.25, 0.3) is 5.69 Å². The summed E-state index contributed by atoms with van der Waals surface area (Å²) in [6.07, 6.45) is 0.138. The van der Waals surface area contributed by atoms with Gasteiger partial charge in [0.05, 0.1) is 35.3 Å². The Morgan fingerprint density at radius 1 is 1.03 bits per heavy atom. The Balaban J connectivity index is 1.81. The Morgan fingerprint density at radius 2 is 1.66 bits per heavy atom. The van der Waals surface area contributed by atoms with Crippen LogP contribution in [0.2, 0.25) is 0 Å². The van der Waals surface area contributed by atoms with Gasteiger partial charge < -0.3 is 24.3 Å². The number of rotatable bonds is 10. The highest BCUT2D eigenvalue weighted by molar-refractivity contribution is 7.53. The van der Waals surface area contributed by atoms with E-state index in [4.69, 9.17) is 9.05 Å². The predicted octanol–water partition coefficient (Wildman–Crippen LogP) is 3.50. The number of anilines is 1. The molecular weight excluding hydrogens is 439 g/mol. The maximum absolute atomic E-state index is 12.7. The molecule has 11 nitrogen and oxygen atoms in total. The zero-order chi connectivity index (χ0) is 23.3. The Hall–Kier alpha value is -3.27. The number of nitrogens with zero attached hydrogens (tertiary/aromatic N) is 1. The number of H-pyrrole nitrogens is 2. The largest absolute Gasteiger partial charge is 0.381 e. The summed E-state index contributed by atoms with van der Waals surface area (Å²) in [6.45, 7) is 4.21. The molecule has 0 atom stereocenters. The van der Waals surface area contributed by atoms with Gasteiger partial charge in [-0.1, -0.05) is 12.1 Å². The quantitative estimate of drug-likeness (QED) is 0.179. The number of aromatic nitrogens is 2. The van der Waals surface area contributed by atoms with Gasteiger partial charge in [0.15, 0.2) is 0 Å². The number of aromatic amines is 2. The minimum Gasteiger partial charge on any atom is -0.381 e. The van der Waals surface area contributed by atoms with Crippen molar-refractivity contribution >= 4 is 30.0 Å². The second-order valence-corrected chi connectivity index (χ2v) is 8.90. The summed E-state index contributed by atoms with van der Waals surface area (Å²) in [6, 6.07) is 9.61. The molecule has 0 saturated carbocycles. The molecule has 0 aliphatic heterocycles. The molecule has 2 aromatic carbocycles. The summed E-state index contributed by atoms with van der Waals surface area (Å²) in [5, 5.41) is 14.4. The predicted molar refractivity (Wildman–Crippen MR) is 120 cm³/mol. The van der Waals surface area contributed by atoms with E-state index in [-0.39, 0.29) is 37.1 Å². The Labute approximate surface area is 182 Å². The molecule has 0 saturated heterocycles. The third-order valence-corrected chi connectivity index (χ3v) is 6.63. The molecule has 3 aromatic rings. The summed E-state index contributed by atoms with van der Waals surface area (Å²) in [5.41, 5.74) is 0.427. The summed E-state index contributed by atoms with van der Waals surface area (Å²) >= 11 is 0. The van der Waals surface area contributed by atoms with Gasteiger partial charge in [-0.2, -0.15) is 0 Å². The fourth-order valence-corrected chi connectivity index (χ4v) is 4.90. The lowest BCUT2D eigenvalue weighted by molar-refractivity contribution is -0.384. The van der Waals surface area contributed by atoms with Gasteiger partial charge in [-0.05, 0) is 31.5 Å². The van der Waals surface area contributed by atoms with E-state index < -0.39 is 23.6 Å². The van der Waals surface area contributed by atoms with E-state index >= 15 is 0 Å². The standard InChI is InChI=1S/C20H23N4O7P/c1-3-30-32(29,31-4-2)12-13-5-7-15(8-6-13)21-11-14-9-16(24(27)28)10-17-18(14)23-20(26)19(25)22-17/h5-10,21H,3-4,11-12H2,1-2H3,(H,22,25)(H,23,26). The van der Waals surface area contributed by atoms with Crippen LogP contribution in [0.3, 0.4) is 0 Å². The van der Waals surface area contributed by atoms with Crippen LogP contribution in [-0.2, 0) is 26.3 Å². The smallest absolute Gasteiger partial charge is 0.335 e. The topological polar surface area (TPSA) is 156 Å². The van der Waals surface area contributed by atoms with E-state index in [2.05, 4.69) is 15.3 Å². The highest BCUT2D eigenvalue weighted by Gasteiger charge is 2.23. The van der Waals surface area contributed by atoms with Gasteiger partial charge >= 0.3 is 18.7 Å². The molecular formula is C20H23N4O7P. The van der Waals surface area contributed by atoms with Gasteiger partial charge in [0, 0.05) is 29.9 Å².